The van der Waals surface area contributed by atoms with Gasteiger partial charge in [0.2, 0.25) is 5.82 Å². The van der Waals surface area contributed by atoms with Crippen LogP contribution in [0.15, 0.2) is 47.0 Å². The summed E-state index contributed by atoms with van der Waals surface area (Å²) >= 11 is 5.86. The van der Waals surface area contributed by atoms with Gasteiger partial charge in [-0.1, -0.05) is 22.8 Å². The molecular weight excluding hydrogens is 372 g/mol. The number of halogens is 1. The third-order valence-corrected chi connectivity index (χ3v) is 4.01. The predicted molar refractivity (Wildman–Crippen MR) is 97.8 cm³/mol. The zero-order valence-corrected chi connectivity index (χ0v) is 15.5. The minimum atomic E-state index is -0.440. The number of rotatable bonds is 7. The van der Waals surface area contributed by atoms with E-state index < -0.39 is 5.97 Å². The lowest BCUT2D eigenvalue weighted by molar-refractivity contribution is -0.144. The van der Waals surface area contributed by atoms with E-state index in [0.29, 0.717) is 27.9 Å². The van der Waals surface area contributed by atoms with Gasteiger partial charge >= 0.3 is 5.97 Å². The number of nitrogens with zero attached hydrogens (tertiary/aromatic N) is 2. The Labute approximate surface area is 160 Å². The van der Waals surface area contributed by atoms with Crippen molar-refractivity contribution in [3.63, 3.8) is 0 Å². The molecule has 2 aromatic carbocycles. The lowest BCUT2D eigenvalue weighted by Crippen LogP contribution is -2.09. The number of carbonyl (C=O) groups excluding carboxylic acids is 1. The van der Waals surface area contributed by atoms with Crippen LogP contribution in [0.1, 0.15) is 11.5 Å². The largest absolute Gasteiger partial charge is 0.497 e. The van der Waals surface area contributed by atoms with Crippen molar-refractivity contribution in [3.8, 4) is 22.9 Å². The summed E-state index contributed by atoms with van der Waals surface area (Å²) in [5.41, 5.74) is 1.44. The van der Waals surface area contributed by atoms with E-state index in [0.717, 1.165) is 5.56 Å². The lowest BCUT2D eigenvalue weighted by Gasteiger charge is -2.09. The Morgan fingerprint density at radius 3 is 2.59 bits per heavy atom. The number of hydrogen-bond donors (Lipinski definition) is 0. The van der Waals surface area contributed by atoms with Crippen molar-refractivity contribution in [3.05, 3.63) is 58.9 Å². The fourth-order valence-corrected chi connectivity index (χ4v) is 2.50. The Hall–Kier alpha value is -3.06. The van der Waals surface area contributed by atoms with E-state index in [4.69, 9.17) is 30.3 Å². The van der Waals surface area contributed by atoms with Gasteiger partial charge < -0.3 is 18.7 Å². The van der Waals surface area contributed by atoms with E-state index in [1.165, 1.54) is 7.11 Å². The average molecular weight is 389 g/mol. The number of benzene rings is 2. The molecule has 0 saturated heterocycles. The summed E-state index contributed by atoms with van der Waals surface area (Å²) in [6, 6.07) is 12.2. The zero-order chi connectivity index (χ0) is 19.2. The highest BCUT2D eigenvalue weighted by molar-refractivity contribution is 6.30. The molecule has 0 fully saturated rings. The van der Waals surface area contributed by atoms with Gasteiger partial charge in [-0.3, -0.25) is 4.79 Å². The van der Waals surface area contributed by atoms with Gasteiger partial charge in [0, 0.05) is 22.2 Å². The summed E-state index contributed by atoms with van der Waals surface area (Å²) in [5.74, 6) is 1.35. The maximum Gasteiger partial charge on any atom is 0.310 e. The number of ether oxygens (including phenoxy) is 3. The van der Waals surface area contributed by atoms with E-state index in [1.807, 2.05) is 0 Å². The monoisotopic (exact) mass is 388 g/mol. The number of aromatic nitrogens is 2. The molecular formula is C19H17ClN2O5. The van der Waals surface area contributed by atoms with E-state index in [2.05, 4.69) is 10.1 Å². The minimum absolute atomic E-state index is 0.0470. The van der Waals surface area contributed by atoms with Crippen molar-refractivity contribution in [2.75, 3.05) is 14.2 Å². The van der Waals surface area contributed by atoms with Crippen molar-refractivity contribution in [2.45, 2.75) is 13.0 Å². The van der Waals surface area contributed by atoms with Gasteiger partial charge in [-0.15, -0.1) is 0 Å². The Morgan fingerprint density at radius 2 is 1.89 bits per heavy atom. The standard InChI is InChI=1S/C19H17ClN2O5/c1-24-15-8-5-13(16(10-15)25-2)9-18(23)26-11-17-21-19(22-27-17)12-3-6-14(20)7-4-12/h3-8,10H,9,11H2,1-2H3. The van der Waals surface area contributed by atoms with Crippen LogP contribution in [0.25, 0.3) is 11.4 Å². The smallest absolute Gasteiger partial charge is 0.310 e. The average Bonchev–Trinajstić information content (AvgIpc) is 3.16. The van der Waals surface area contributed by atoms with Crippen molar-refractivity contribution < 1.29 is 23.5 Å². The molecule has 0 radical (unpaired) electrons. The molecule has 0 bridgehead atoms. The van der Waals surface area contributed by atoms with Gasteiger partial charge in [0.05, 0.1) is 20.6 Å². The Bertz CT molecular complexity index is 924. The Balaban J connectivity index is 1.59. The summed E-state index contributed by atoms with van der Waals surface area (Å²) in [5, 5.41) is 4.49. The van der Waals surface area contributed by atoms with Crippen molar-refractivity contribution >= 4 is 17.6 Å². The summed E-state index contributed by atoms with van der Waals surface area (Å²) in [6.07, 6.45) is 0.0470. The molecule has 0 saturated carbocycles. The quantitative estimate of drug-likeness (QED) is 0.570. The molecule has 7 nitrogen and oxygen atoms in total. The lowest BCUT2D eigenvalue weighted by atomic mass is 10.1. The molecule has 3 aromatic rings. The molecule has 3 rings (SSSR count). The van der Waals surface area contributed by atoms with Crippen LogP contribution in [0.4, 0.5) is 0 Å². The first-order valence-corrected chi connectivity index (χ1v) is 8.42. The fraction of sp³-hybridized carbons (Fsp3) is 0.211. The van der Waals surface area contributed by atoms with E-state index in [9.17, 15) is 4.79 Å². The van der Waals surface area contributed by atoms with Crippen LogP contribution in [0.5, 0.6) is 11.5 Å². The second-order valence-electron chi connectivity index (χ2n) is 5.53. The molecule has 0 aliphatic heterocycles. The van der Waals surface area contributed by atoms with Crippen LogP contribution in [0.3, 0.4) is 0 Å². The molecule has 1 aromatic heterocycles. The van der Waals surface area contributed by atoms with Crippen LogP contribution >= 0.6 is 11.6 Å². The Morgan fingerprint density at radius 1 is 1.11 bits per heavy atom. The first kappa shape index (κ1) is 18.7. The third kappa shape index (κ3) is 4.77. The van der Waals surface area contributed by atoms with Crippen LogP contribution in [0.2, 0.25) is 5.02 Å². The topological polar surface area (TPSA) is 83.7 Å². The highest BCUT2D eigenvalue weighted by atomic mass is 35.5. The second kappa shape index (κ2) is 8.55. The maximum absolute atomic E-state index is 12.1. The van der Waals surface area contributed by atoms with Gasteiger partial charge in [-0.2, -0.15) is 4.98 Å². The molecule has 0 atom stereocenters. The normalized spacial score (nSPS) is 10.5. The number of esters is 1. The van der Waals surface area contributed by atoms with Crippen molar-refractivity contribution in [2.24, 2.45) is 0 Å². The van der Waals surface area contributed by atoms with Crippen molar-refractivity contribution in [1.82, 2.24) is 10.1 Å². The van der Waals surface area contributed by atoms with Gasteiger partial charge in [0.25, 0.3) is 5.89 Å². The highest BCUT2D eigenvalue weighted by Gasteiger charge is 2.14. The van der Waals surface area contributed by atoms with E-state index in [-0.39, 0.29) is 18.9 Å². The zero-order valence-electron chi connectivity index (χ0n) is 14.8. The molecule has 0 spiro atoms. The summed E-state index contributed by atoms with van der Waals surface area (Å²) in [7, 11) is 3.09. The molecule has 1 heterocycles. The second-order valence-corrected chi connectivity index (χ2v) is 5.97. The SMILES string of the molecule is COc1ccc(CC(=O)OCc2nc(-c3ccc(Cl)cc3)no2)c(OC)c1. The van der Waals surface area contributed by atoms with Crippen LogP contribution in [0, 0.1) is 0 Å². The minimum Gasteiger partial charge on any atom is -0.497 e. The van der Waals surface area contributed by atoms with Gasteiger partial charge in [-0.25, -0.2) is 0 Å². The van der Waals surface area contributed by atoms with Crippen LogP contribution in [-0.2, 0) is 22.6 Å². The molecule has 0 aliphatic rings. The molecule has 140 valence electrons. The molecule has 0 unspecified atom stereocenters. The van der Waals surface area contributed by atoms with Gasteiger partial charge in [0.1, 0.15) is 11.5 Å². The maximum atomic E-state index is 12.1. The highest BCUT2D eigenvalue weighted by Crippen LogP contribution is 2.25. The Kier molecular flexibility index (Phi) is 5.93. The molecule has 0 amide bonds. The van der Waals surface area contributed by atoms with Crippen LogP contribution < -0.4 is 9.47 Å². The third-order valence-electron chi connectivity index (χ3n) is 3.76. The summed E-state index contributed by atoms with van der Waals surface area (Å²) in [6.45, 7) is -0.113. The number of carbonyl (C=O) groups is 1. The summed E-state index contributed by atoms with van der Waals surface area (Å²) in [4.78, 5) is 16.3. The van der Waals surface area contributed by atoms with Crippen LogP contribution in [-0.4, -0.2) is 30.3 Å². The molecule has 0 N–H and O–H groups in total. The molecule has 0 aliphatic carbocycles. The number of hydrogen-bond acceptors (Lipinski definition) is 7. The molecule has 8 heteroatoms. The first-order chi connectivity index (χ1) is 13.1. The first-order valence-electron chi connectivity index (χ1n) is 8.04. The fourth-order valence-electron chi connectivity index (χ4n) is 2.38. The predicted octanol–water partition coefficient (Wildman–Crippen LogP) is 3.69. The van der Waals surface area contributed by atoms with Gasteiger partial charge in [0.15, 0.2) is 6.61 Å². The summed E-state index contributed by atoms with van der Waals surface area (Å²) < 4.78 is 20.7. The van der Waals surface area contributed by atoms with E-state index >= 15 is 0 Å². The van der Waals surface area contributed by atoms with E-state index in [1.54, 1.807) is 49.6 Å². The van der Waals surface area contributed by atoms with Gasteiger partial charge in [-0.05, 0) is 30.3 Å². The van der Waals surface area contributed by atoms with Crippen molar-refractivity contribution in [1.29, 1.82) is 0 Å². The molecule has 27 heavy (non-hydrogen) atoms. The number of methoxy groups -OCH3 is 2.